The maximum absolute atomic E-state index is 12.9. The van der Waals surface area contributed by atoms with Crippen molar-refractivity contribution >= 4 is 11.6 Å². The minimum Gasteiger partial charge on any atom is -0.207 e. The molecule has 0 bridgehead atoms. The Labute approximate surface area is 94.2 Å². The second kappa shape index (κ2) is 4.71. The smallest absolute Gasteiger partial charge is 0.123 e. The first kappa shape index (κ1) is 12.1. The molecule has 1 rings (SSSR count). The van der Waals surface area contributed by atoms with E-state index in [0.717, 1.165) is 0 Å². The van der Waals surface area contributed by atoms with Gasteiger partial charge in [0.1, 0.15) is 5.82 Å². The summed E-state index contributed by atoms with van der Waals surface area (Å²) in [6.07, 6.45) is 0. The third-order valence-corrected chi connectivity index (χ3v) is 1.99. The lowest BCUT2D eigenvalue weighted by Gasteiger charge is -2.09. The molecule has 0 radical (unpaired) electrons. The van der Waals surface area contributed by atoms with Crippen molar-refractivity contribution in [3.63, 3.8) is 0 Å². The van der Waals surface area contributed by atoms with Crippen molar-refractivity contribution in [1.82, 2.24) is 0 Å². The topological polar surface area (TPSA) is 24.7 Å². The number of hydrogen-bond donors (Lipinski definition) is 0. The molecule has 0 aromatic heterocycles. The summed E-state index contributed by atoms with van der Waals surface area (Å²) < 4.78 is 12.9. The minimum absolute atomic E-state index is 0.209. The molecular formula is C11H14ClFN2. The van der Waals surface area contributed by atoms with Crippen molar-refractivity contribution in [1.29, 1.82) is 0 Å². The normalized spacial score (nSPS) is 12.3. The summed E-state index contributed by atoms with van der Waals surface area (Å²) in [5.41, 5.74) is 0.449. The average Bonchev–Trinajstić information content (AvgIpc) is 2.09. The van der Waals surface area contributed by atoms with Gasteiger partial charge < -0.3 is 0 Å². The fraction of sp³-hybridized carbons (Fsp3) is 0.455. The van der Waals surface area contributed by atoms with Crippen LogP contribution in [0.4, 0.5) is 4.39 Å². The molecule has 0 spiro atoms. The first-order valence-electron chi connectivity index (χ1n) is 4.71. The molecule has 0 saturated carbocycles. The van der Waals surface area contributed by atoms with Gasteiger partial charge in [0.05, 0.1) is 12.1 Å². The summed E-state index contributed by atoms with van der Waals surface area (Å²) >= 11 is 5.88. The van der Waals surface area contributed by atoms with Crippen molar-refractivity contribution in [2.24, 2.45) is 10.2 Å². The number of nitrogens with zero attached hydrogens (tertiary/aromatic N) is 2. The van der Waals surface area contributed by atoms with E-state index in [2.05, 4.69) is 10.2 Å². The molecule has 0 aliphatic rings. The van der Waals surface area contributed by atoms with Gasteiger partial charge in [-0.1, -0.05) is 11.6 Å². The van der Waals surface area contributed by atoms with Gasteiger partial charge in [-0.25, -0.2) is 4.39 Å². The summed E-state index contributed by atoms with van der Waals surface area (Å²) in [4.78, 5) is 0. The van der Waals surface area contributed by atoms with Crippen molar-refractivity contribution in [2.45, 2.75) is 32.9 Å². The highest BCUT2D eigenvalue weighted by Gasteiger charge is 2.07. The fourth-order valence-corrected chi connectivity index (χ4v) is 1.17. The van der Waals surface area contributed by atoms with E-state index < -0.39 is 0 Å². The predicted octanol–water partition coefficient (Wildman–Crippen LogP) is 4.23. The highest BCUT2D eigenvalue weighted by molar-refractivity contribution is 6.31. The van der Waals surface area contributed by atoms with E-state index in [9.17, 15) is 4.39 Å². The van der Waals surface area contributed by atoms with E-state index in [-0.39, 0.29) is 11.4 Å². The summed E-state index contributed by atoms with van der Waals surface area (Å²) in [5.74, 6) is -0.305. The number of halogens is 2. The molecule has 0 aliphatic heterocycles. The van der Waals surface area contributed by atoms with E-state index >= 15 is 0 Å². The van der Waals surface area contributed by atoms with Crippen molar-refractivity contribution < 1.29 is 4.39 Å². The van der Waals surface area contributed by atoms with Crippen LogP contribution in [0.1, 0.15) is 26.3 Å². The van der Waals surface area contributed by atoms with Crippen molar-refractivity contribution in [2.75, 3.05) is 0 Å². The maximum atomic E-state index is 12.9. The quantitative estimate of drug-likeness (QED) is 0.677. The van der Waals surface area contributed by atoms with Crippen LogP contribution in [0, 0.1) is 5.82 Å². The maximum Gasteiger partial charge on any atom is 0.123 e. The number of benzene rings is 1. The molecule has 0 amide bonds. The van der Waals surface area contributed by atoms with Gasteiger partial charge in [0, 0.05) is 5.02 Å². The highest BCUT2D eigenvalue weighted by atomic mass is 35.5. The van der Waals surface area contributed by atoms with Gasteiger partial charge in [0.2, 0.25) is 0 Å². The molecule has 15 heavy (non-hydrogen) atoms. The third kappa shape index (κ3) is 4.38. The Morgan fingerprint density at radius 3 is 2.60 bits per heavy atom. The van der Waals surface area contributed by atoms with Crippen LogP contribution in [0.15, 0.2) is 28.4 Å². The zero-order chi connectivity index (χ0) is 11.5. The summed E-state index contributed by atoms with van der Waals surface area (Å²) in [6, 6.07) is 4.23. The van der Waals surface area contributed by atoms with Crippen LogP contribution in [0.2, 0.25) is 5.02 Å². The Balaban J connectivity index is 2.73. The molecule has 82 valence electrons. The Hall–Kier alpha value is -0.960. The summed E-state index contributed by atoms with van der Waals surface area (Å²) in [7, 11) is 0. The van der Waals surface area contributed by atoms with E-state index in [0.29, 0.717) is 17.1 Å². The van der Waals surface area contributed by atoms with Gasteiger partial charge in [-0.2, -0.15) is 10.2 Å². The van der Waals surface area contributed by atoms with Crippen LogP contribution < -0.4 is 0 Å². The number of azo groups is 1. The molecular weight excluding hydrogens is 215 g/mol. The second-order valence-electron chi connectivity index (χ2n) is 4.31. The molecule has 0 N–H and O–H groups in total. The Kier molecular flexibility index (Phi) is 3.80. The van der Waals surface area contributed by atoms with Crippen molar-refractivity contribution in [3.05, 3.63) is 34.6 Å². The average molecular weight is 229 g/mol. The van der Waals surface area contributed by atoms with E-state index in [1.807, 2.05) is 20.8 Å². The SMILES string of the molecule is CC(C)(C)N=NCc1cc(F)ccc1Cl. The van der Waals surface area contributed by atoms with Gasteiger partial charge >= 0.3 is 0 Å². The minimum atomic E-state index is -0.305. The number of rotatable bonds is 2. The van der Waals surface area contributed by atoms with Gasteiger partial charge in [-0.3, -0.25) is 0 Å². The molecule has 1 aromatic carbocycles. The van der Waals surface area contributed by atoms with Crippen molar-refractivity contribution in [3.8, 4) is 0 Å². The van der Waals surface area contributed by atoms with Gasteiger partial charge in [-0.15, -0.1) is 0 Å². The molecule has 0 heterocycles. The monoisotopic (exact) mass is 228 g/mol. The van der Waals surface area contributed by atoms with Gasteiger partial charge in [0.25, 0.3) is 0 Å². The van der Waals surface area contributed by atoms with Gasteiger partial charge in [-0.05, 0) is 44.5 Å². The number of hydrogen-bond acceptors (Lipinski definition) is 2. The Bertz CT molecular complexity index is 369. The van der Waals surface area contributed by atoms with Crippen LogP contribution >= 0.6 is 11.6 Å². The van der Waals surface area contributed by atoms with Gasteiger partial charge in [0.15, 0.2) is 0 Å². The van der Waals surface area contributed by atoms with E-state index in [4.69, 9.17) is 11.6 Å². The molecule has 0 fully saturated rings. The van der Waals surface area contributed by atoms with E-state index in [1.165, 1.54) is 18.2 Å². The molecule has 0 unspecified atom stereocenters. The zero-order valence-corrected chi connectivity index (χ0v) is 9.85. The predicted molar refractivity (Wildman–Crippen MR) is 59.7 cm³/mol. The molecule has 0 saturated heterocycles. The molecule has 2 nitrogen and oxygen atoms in total. The standard InChI is InChI=1S/C11H14ClFN2/c1-11(2,3)15-14-7-8-6-9(13)4-5-10(8)12/h4-6H,7H2,1-3H3. The highest BCUT2D eigenvalue weighted by Crippen LogP contribution is 2.18. The third-order valence-electron chi connectivity index (χ3n) is 1.62. The molecule has 1 aromatic rings. The lowest BCUT2D eigenvalue weighted by atomic mass is 10.1. The Morgan fingerprint density at radius 2 is 2.00 bits per heavy atom. The molecule has 0 aliphatic carbocycles. The zero-order valence-electron chi connectivity index (χ0n) is 9.09. The lowest BCUT2D eigenvalue weighted by Crippen LogP contribution is -2.07. The van der Waals surface area contributed by atoms with Crippen LogP contribution in [0.25, 0.3) is 0 Å². The summed E-state index contributed by atoms with van der Waals surface area (Å²) in [5, 5.41) is 8.57. The lowest BCUT2D eigenvalue weighted by molar-refractivity contribution is 0.537. The fourth-order valence-electron chi connectivity index (χ4n) is 0.988. The first-order valence-corrected chi connectivity index (χ1v) is 5.09. The van der Waals surface area contributed by atoms with E-state index in [1.54, 1.807) is 0 Å². The summed E-state index contributed by atoms with van der Waals surface area (Å²) in [6.45, 7) is 6.16. The molecule has 4 heteroatoms. The Morgan fingerprint density at radius 1 is 1.33 bits per heavy atom. The largest absolute Gasteiger partial charge is 0.207 e. The van der Waals surface area contributed by atoms with Crippen LogP contribution in [0.5, 0.6) is 0 Å². The van der Waals surface area contributed by atoms with Crippen LogP contribution in [-0.2, 0) is 6.54 Å². The van der Waals surface area contributed by atoms with Crippen LogP contribution in [0.3, 0.4) is 0 Å². The second-order valence-corrected chi connectivity index (χ2v) is 4.71. The van der Waals surface area contributed by atoms with Crippen LogP contribution in [-0.4, -0.2) is 5.54 Å². The molecule has 0 atom stereocenters. The first-order chi connectivity index (χ1) is 6.88.